The number of aromatic amines is 1. The number of aromatic nitrogens is 1. The van der Waals surface area contributed by atoms with Gasteiger partial charge < -0.3 is 19.9 Å². The topological polar surface area (TPSA) is 62.8 Å². The summed E-state index contributed by atoms with van der Waals surface area (Å²) in [6, 6.07) is 4.46. The van der Waals surface area contributed by atoms with Crippen molar-refractivity contribution in [2.75, 3.05) is 52.9 Å². The zero-order chi connectivity index (χ0) is 18.5. The number of nitrogens with zero attached hydrogens (tertiary/aromatic N) is 3. The standard InChI is InChI=1S/C20H34N4O2/c1-3-17-6-7-18(21-17)20(26)24-9-8-19(16(15-24)5-4-14-25)23-12-10-22(2)11-13-23/h6-7,16,19,21,25H,3-5,8-15H2,1-2H3/t16-,19+/m1/s1. The third kappa shape index (κ3) is 4.48. The van der Waals surface area contributed by atoms with Crippen molar-refractivity contribution in [1.29, 1.82) is 0 Å². The molecule has 0 aromatic carbocycles. The largest absolute Gasteiger partial charge is 0.396 e. The van der Waals surface area contributed by atoms with Crippen molar-refractivity contribution in [2.24, 2.45) is 5.92 Å². The number of hydrogen-bond donors (Lipinski definition) is 2. The molecule has 0 unspecified atom stereocenters. The highest BCUT2D eigenvalue weighted by molar-refractivity contribution is 5.92. The Hall–Kier alpha value is -1.37. The fraction of sp³-hybridized carbons (Fsp3) is 0.750. The normalized spacial score (nSPS) is 25.6. The summed E-state index contributed by atoms with van der Waals surface area (Å²) in [5.74, 6) is 0.569. The molecule has 0 bridgehead atoms. The molecule has 1 aromatic rings. The molecule has 146 valence electrons. The summed E-state index contributed by atoms with van der Waals surface area (Å²) in [4.78, 5) is 23.2. The fourth-order valence-electron chi connectivity index (χ4n) is 4.42. The molecule has 0 aliphatic carbocycles. The summed E-state index contributed by atoms with van der Waals surface area (Å²) in [6.45, 7) is 8.41. The first kappa shape index (κ1) is 19.4. The van der Waals surface area contributed by atoms with Crippen LogP contribution in [0, 0.1) is 5.92 Å². The summed E-state index contributed by atoms with van der Waals surface area (Å²) in [5.41, 5.74) is 1.82. The third-order valence-corrected chi connectivity index (χ3v) is 6.08. The predicted molar refractivity (Wildman–Crippen MR) is 103 cm³/mol. The van der Waals surface area contributed by atoms with Gasteiger partial charge in [0.05, 0.1) is 0 Å². The molecular weight excluding hydrogens is 328 g/mol. The van der Waals surface area contributed by atoms with Crippen molar-refractivity contribution in [2.45, 2.75) is 38.6 Å². The van der Waals surface area contributed by atoms with Gasteiger partial charge in [0.15, 0.2) is 0 Å². The van der Waals surface area contributed by atoms with Gasteiger partial charge in [0.2, 0.25) is 0 Å². The minimum atomic E-state index is 0.121. The fourth-order valence-corrected chi connectivity index (χ4v) is 4.42. The number of H-pyrrole nitrogens is 1. The molecule has 1 amide bonds. The molecule has 0 radical (unpaired) electrons. The van der Waals surface area contributed by atoms with E-state index >= 15 is 0 Å². The average Bonchev–Trinajstić information content (AvgIpc) is 3.15. The van der Waals surface area contributed by atoms with E-state index in [1.54, 1.807) is 0 Å². The van der Waals surface area contributed by atoms with Crippen molar-refractivity contribution >= 4 is 5.91 Å². The first-order valence-electron chi connectivity index (χ1n) is 10.1. The number of nitrogens with one attached hydrogen (secondary N) is 1. The van der Waals surface area contributed by atoms with E-state index < -0.39 is 0 Å². The number of likely N-dealkylation sites (tertiary alicyclic amines) is 1. The van der Waals surface area contributed by atoms with E-state index in [0.717, 1.165) is 70.6 Å². The highest BCUT2D eigenvalue weighted by Crippen LogP contribution is 2.28. The second kappa shape index (κ2) is 9.02. The smallest absolute Gasteiger partial charge is 0.270 e. The molecule has 2 atom stereocenters. The lowest BCUT2D eigenvalue weighted by atomic mass is 9.86. The second-order valence-electron chi connectivity index (χ2n) is 7.82. The molecular formula is C20H34N4O2. The number of carbonyl (C=O) groups excluding carboxylic acids is 1. The molecule has 3 rings (SSSR count). The van der Waals surface area contributed by atoms with Crippen molar-refractivity contribution in [1.82, 2.24) is 19.7 Å². The Balaban J connectivity index is 1.65. The number of piperazine rings is 1. The lowest BCUT2D eigenvalue weighted by molar-refractivity contribution is 0.0215. The molecule has 0 saturated carbocycles. The SMILES string of the molecule is CCc1ccc(C(=O)N2CC[C@H](N3CCN(C)CC3)[C@H](CCCO)C2)[nH]1. The van der Waals surface area contributed by atoms with Gasteiger partial charge in [0.25, 0.3) is 5.91 Å². The van der Waals surface area contributed by atoms with Gasteiger partial charge in [-0.05, 0) is 50.8 Å². The van der Waals surface area contributed by atoms with Crippen LogP contribution in [0.5, 0.6) is 0 Å². The molecule has 2 aliphatic heterocycles. The molecule has 26 heavy (non-hydrogen) atoms. The maximum atomic E-state index is 12.9. The van der Waals surface area contributed by atoms with Crippen LogP contribution in [-0.4, -0.2) is 89.7 Å². The average molecular weight is 363 g/mol. The Labute approximate surface area is 157 Å². The van der Waals surface area contributed by atoms with Crippen molar-refractivity contribution < 1.29 is 9.90 Å². The minimum absolute atomic E-state index is 0.121. The van der Waals surface area contributed by atoms with E-state index in [9.17, 15) is 9.90 Å². The van der Waals surface area contributed by atoms with Crippen LogP contribution in [0.1, 0.15) is 42.4 Å². The first-order chi connectivity index (χ1) is 12.6. The second-order valence-corrected chi connectivity index (χ2v) is 7.82. The van der Waals surface area contributed by atoms with Crippen molar-refractivity contribution in [3.8, 4) is 0 Å². The Morgan fingerprint density at radius 3 is 2.65 bits per heavy atom. The maximum Gasteiger partial charge on any atom is 0.270 e. The van der Waals surface area contributed by atoms with Crippen LogP contribution in [-0.2, 0) is 6.42 Å². The third-order valence-electron chi connectivity index (χ3n) is 6.08. The van der Waals surface area contributed by atoms with Crippen LogP contribution in [0.15, 0.2) is 12.1 Å². The van der Waals surface area contributed by atoms with E-state index in [1.807, 2.05) is 17.0 Å². The predicted octanol–water partition coefficient (Wildman–Crippen LogP) is 1.43. The summed E-state index contributed by atoms with van der Waals surface area (Å²) in [7, 11) is 2.18. The minimum Gasteiger partial charge on any atom is -0.396 e. The Morgan fingerprint density at radius 1 is 1.23 bits per heavy atom. The molecule has 2 fully saturated rings. The number of aliphatic hydroxyl groups excluding tert-OH is 1. The Kier molecular flexibility index (Phi) is 6.73. The van der Waals surface area contributed by atoms with Gasteiger partial charge in [-0.1, -0.05) is 6.92 Å². The van der Waals surface area contributed by atoms with Crippen LogP contribution in [0.3, 0.4) is 0 Å². The zero-order valence-electron chi connectivity index (χ0n) is 16.3. The van der Waals surface area contributed by atoms with Gasteiger partial charge in [-0.3, -0.25) is 9.69 Å². The summed E-state index contributed by atoms with van der Waals surface area (Å²) in [6.07, 6.45) is 3.76. The highest BCUT2D eigenvalue weighted by Gasteiger charge is 2.35. The van der Waals surface area contributed by atoms with Crippen molar-refractivity contribution in [3.05, 3.63) is 23.5 Å². The van der Waals surface area contributed by atoms with Crippen molar-refractivity contribution in [3.63, 3.8) is 0 Å². The number of aliphatic hydroxyl groups is 1. The molecule has 2 aliphatic rings. The van der Waals surface area contributed by atoms with Crippen LogP contribution >= 0.6 is 0 Å². The molecule has 2 N–H and O–H groups in total. The molecule has 6 heteroatoms. The van der Waals surface area contributed by atoms with E-state index in [0.29, 0.717) is 17.7 Å². The van der Waals surface area contributed by atoms with E-state index in [2.05, 4.69) is 28.8 Å². The maximum absolute atomic E-state index is 12.9. The Morgan fingerprint density at radius 2 is 2.00 bits per heavy atom. The zero-order valence-corrected chi connectivity index (χ0v) is 16.3. The number of rotatable bonds is 6. The monoisotopic (exact) mass is 362 g/mol. The van der Waals surface area contributed by atoms with Gasteiger partial charge in [-0.15, -0.1) is 0 Å². The molecule has 0 spiro atoms. The van der Waals surface area contributed by atoms with E-state index in [4.69, 9.17) is 0 Å². The van der Waals surface area contributed by atoms with Crippen LogP contribution in [0.2, 0.25) is 0 Å². The lowest BCUT2D eigenvalue weighted by Crippen LogP contribution is -2.57. The Bertz CT molecular complexity index is 580. The lowest BCUT2D eigenvalue weighted by Gasteiger charge is -2.46. The highest BCUT2D eigenvalue weighted by atomic mass is 16.3. The van der Waals surface area contributed by atoms with E-state index in [1.165, 1.54) is 0 Å². The van der Waals surface area contributed by atoms with E-state index in [-0.39, 0.29) is 12.5 Å². The first-order valence-corrected chi connectivity index (χ1v) is 10.1. The number of likely N-dealkylation sites (N-methyl/N-ethyl adjacent to an activating group) is 1. The van der Waals surface area contributed by atoms with Gasteiger partial charge in [0, 0.05) is 57.6 Å². The number of amides is 1. The molecule has 2 saturated heterocycles. The number of carbonyl (C=O) groups is 1. The summed E-state index contributed by atoms with van der Waals surface area (Å²) < 4.78 is 0. The van der Waals surface area contributed by atoms with Gasteiger partial charge in [0.1, 0.15) is 5.69 Å². The number of hydrogen-bond acceptors (Lipinski definition) is 4. The number of piperidine rings is 1. The van der Waals surface area contributed by atoms with Crippen LogP contribution in [0.25, 0.3) is 0 Å². The summed E-state index contributed by atoms with van der Waals surface area (Å²) >= 11 is 0. The molecule has 1 aromatic heterocycles. The molecule has 6 nitrogen and oxygen atoms in total. The number of aryl methyl sites for hydroxylation is 1. The van der Waals surface area contributed by atoms with Crippen LogP contribution < -0.4 is 0 Å². The summed E-state index contributed by atoms with van der Waals surface area (Å²) in [5, 5.41) is 9.31. The van der Waals surface area contributed by atoms with Gasteiger partial charge in [-0.25, -0.2) is 0 Å². The quantitative estimate of drug-likeness (QED) is 0.804. The van der Waals surface area contributed by atoms with Gasteiger partial charge in [-0.2, -0.15) is 0 Å². The van der Waals surface area contributed by atoms with Gasteiger partial charge >= 0.3 is 0 Å². The van der Waals surface area contributed by atoms with Crippen LogP contribution in [0.4, 0.5) is 0 Å². The molecule has 3 heterocycles.